The van der Waals surface area contributed by atoms with Crippen molar-refractivity contribution in [2.75, 3.05) is 31.1 Å². The van der Waals surface area contributed by atoms with Crippen LogP contribution in [0.5, 0.6) is 0 Å². The van der Waals surface area contributed by atoms with E-state index in [0.29, 0.717) is 31.7 Å². The number of fused-ring (bicyclic) bond motifs is 2. The maximum absolute atomic E-state index is 13.2. The van der Waals surface area contributed by atoms with E-state index in [0.717, 1.165) is 23.3 Å². The van der Waals surface area contributed by atoms with Crippen molar-refractivity contribution < 1.29 is 24.6 Å². The minimum atomic E-state index is -0.804. The number of amides is 1. The minimum Gasteiger partial charge on any atom is -0.483 e. The molecule has 0 radical (unpaired) electrons. The van der Waals surface area contributed by atoms with Gasteiger partial charge in [0.1, 0.15) is 11.5 Å². The summed E-state index contributed by atoms with van der Waals surface area (Å²) in [6, 6.07) is 9.72. The van der Waals surface area contributed by atoms with Crippen LogP contribution in [0, 0.1) is 11.3 Å². The normalized spacial score (nSPS) is 21.4. The van der Waals surface area contributed by atoms with E-state index in [4.69, 9.17) is 9.90 Å². The van der Waals surface area contributed by atoms with Gasteiger partial charge in [-0.3, -0.25) is 19.4 Å². The average molecular weight is 451 g/mol. The molecule has 0 saturated carbocycles. The highest BCUT2D eigenvalue weighted by atomic mass is 16.4. The van der Waals surface area contributed by atoms with Gasteiger partial charge in [-0.15, -0.1) is 0 Å². The number of aromatic nitrogens is 3. The Morgan fingerprint density at radius 1 is 1.21 bits per heavy atom. The molecule has 4 heterocycles. The van der Waals surface area contributed by atoms with Crippen molar-refractivity contribution in [3.05, 3.63) is 54.6 Å². The molecule has 1 amide bonds. The van der Waals surface area contributed by atoms with Crippen LogP contribution in [-0.2, 0) is 9.59 Å². The zero-order chi connectivity index (χ0) is 23.4. The molecule has 2 aromatic heterocycles. The first kappa shape index (κ1) is 22.3. The first-order chi connectivity index (χ1) is 16.0. The molecule has 0 spiro atoms. The molecule has 3 aromatic rings. The van der Waals surface area contributed by atoms with Crippen molar-refractivity contribution in [1.82, 2.24) is 19.9 Å². The van der Waals surface area contributed by atoms with E-state index in [1.54, 1.807) is 18.6 Å². The topological polar surface area (TPSA) is 140 Å². The second-order valence-corrected chi connectivity index (χ2v) is 8.46. The molecule has 3 N–H and O–H groups in total. The summed E-state index contributed by atoms with van der Waals surface area (Å²) in [7, 11) is 0. The van der Waals surface area contributed by atoms with E-state index in [1.807, 2.05) is 35.2 Å². The van der Waals surface area contributed by atoms with E-state index < -0.39 is 5.97 Å². The highest BCUT2D eigenvalue weighted by molar-refractivity contribution is 5.98. The predicted molar refractivity (Wildman–Crippen MR) is 120 cm³/mol. The van der Waals surface area contributed by atoms with Crippen LogP contribution >= 0.6 is 0 Å². The number of hydrogen-bond acceptors (Lipinski definition) is 6. The van der Waals surface area contributed by atoms with E-state index >= 15 is 0 Å². The predicted octanol–water partition coefficient (Wildman–Crippen LogP) is 2.10. The first-order valence-corrected chi connectivity index (χ1v) is 10.6. The average Bonchev–Trinajstić information content (AvgIpc) is 3.49. The second-order valence-electron chi connectivity index (χ2n) is 8.46. The number of aliphatic carboxylic acids is 1. The molecule has 5 rings (SSSR count). The summed E-state index contributed by atoms with van der Waals surface area (Å²) in [5.41, 5.74) is 1.27. The molecule has 0 unspecified atom stereocenters. The van der Waals surface area contributed by atoms with Gasteiger partial charge in [0.05, 0.1) is 6.20 Å². The molecule has 10 heteroatoms. The number of carboxylic acids is 1. The Labute approximate surface area is 189 Å². The van der Waals surface area contributed by atoms with E-state index in [2.05, 4.69) is 19.9 Å². The summed E-state index contributed by atoms with van der Waals surface area (Å²) in [6.07, 6.45) is 5.68. The van der Waals surface area contributed by atoms with Crippen molar-refractivity contribution in [3.63, 3.8) is 0 Å². The number of likely N-dealkylation sites (tertiary alicyclic amines) is 1. The van der Waals surface area contributed by atoms with Crippen LogP contribution in [0.3, 0.4) is 0 Å². The number of carboxylic acid groups (broad SMARTS) is 2. The lowest BCUT2D eigenvalue weighted by molar-refractivity contribution is -0.137. The number of nitrogens with zero attached hydrogens (tertiary/aromatic N) is 4. The SMILES string of the molecule is O=C(O)CC[C@@]12CN(C(=O)c3cc4ccccc4[nH]3)C[C@@H]1CN(c1cnccn1)C2.O=CO. The number of carbonyl (C=O) groups is 3. The number of H-pyrrole nitrogens is 1. The number of benzene rings is 1. The third kappa shape index (κ3) is 4.50. The molecule has 2 atom stereocenters. The number of nitrogens with one attached hydrogen (secondary N) is 1. The van der Waals surface area contributed by atoms with Crippen LogP contribution in [0.1, 0.15) is 23.3 Å². The van der Waals surface area contributed by atoms with E-state index in [1.165, 1.54) is 0 Å². The highest BCUT2D eigenvalue weighted by Crippen LogP contribution is 2.47. The summed E-state index contributed by atoms with van der Waals surface area (Å²) in [4.78, 5) is 48.7. The Morgan fingerprint density at radius 2 is 2.00 bits per heavy atom. The summed E-state index contributed by atoms with van der Waals surface area (Å²) in [5.74, 6) is 0.171. The molecule has 0 aliphatic carbocycles. The Kier molecular flexibility index (Phi) is 6.25. The van der Waals surface area contributed by atoms with Crippen LogP contribution in [0.25, 0.3) is 10.9 Å². The van der Waals surface area contributed by atoms with Crippen molar-refractivity contribution in [1.29, 1.82) is 0 Å². The smallest absolute Gasteiger partial charge is 0.303 e. The van der Waals surface area contributed by atoms with Gasteiger partial charge in [0, 0.05) is 67.2 Å². The Balaban J connectivity index is 0.000000821. The lowest BCUT2D eigenvalue weighted by atomic mass is 9.77. The molecule has 0 bridgehead atoms. The van der Waals surface area contributed by atoms with Gasteiger partial charge in [-0.25, -0.2) is 4.98 Å². The van der Waals surface area contributed by atoms with Gasteiger partial charge in [-0.05, 0) is 18.6 Å². The standard InChI is InChI=1S/C22H23N5O3.CH2O2/c28-20(29)5-6-22-13-26(19-10-23-7-8-24-19)11-16(22)12-27(14-22)21(30)18-9-15-3-1-2-4-17(15)25-18;2-1-3/h1-4,7-10,16,25H,5-6,11-14H2,(H,28,29);1H,(H,2,3)/t16-,22+;/m0./s1. The summed E-state index contributed by atoms with van der Waals surface area (Å²) in [5, 5.41) is 17.2. The molecule has 2 saturated heterocycles. The molecule has 33 heavy (non-hydrogen) atoms. The number of hydrogen-bond donors (Lipinski definition) is 3. The van der Waals surface area contributed by atoms with Crippen molar-refractivity contribution in [3.8, 4) is 0 Å². The molecular formula is C23H25N5O5. The fraction of sp³-hybridized carbons (Fsp3) is 0.348. The number of anilines is 1. The minimum absolute atomic E-state index is 0.0265. The first-order valence-electron chi connectivity index (χ1n) is 10.6. The van der Waals surface area contributed by atoms with Crippen LogP contribution < -0.4 is 4.90 Å². The summed E-state index contributed by atoms with van der Waals surface area (Å²) in [6.45, 7) is 2.34. The van der Waals surface area contributed by atoms with Gasteiger partial charge in [-0.2, -0.15) is 0 Å². The number of rotatable bonds is 5. The van der Waals surface area contributed by atoms with Gasteiger partial charge in [0.15, 0.2) is 0 Å². The van der Waals surface area contributed by atoms with Crippen LogP contribution in [0.15, 0.2) is 48.9 Å². The molecule has 2 fully saturated rings. The molecule has 10 nitrogen and oxygen atoms in total. The van der Waals surface area contributed by atoms with E-state index in [-0.39, 0.29) is 30.1 Å². The zero-order valence-corrected chi connectivity index (χ0v) is 17.9. The van der Waals surface area contributed by atoms with Gasteiger partial charge >= 0.3 is 5.97 Å². The van der Waals surface area contributed by atoms with Crippen LogP contribution in [-0.4, -0.2) is 74.6 Å². The van der Waals surface area contributed by atoms with Crippen molar-refractivity contribution >= 4 is 35.1 Å². The molecule has 1 aromatic carbocycles. The quantitative estimate of drug-likeness (QED) is 0.501. The fourth-order valence-corrected chi connectivity index (χ4v) is 5.04. The van der Waals surface area contributed by atoms with Crippen molar-refractivity contribution in [2.24, 2.45) is 11.3 Å². The lowest BCUT2D eigenvalue weighted by Crippen LogP contribution is -2.37. The second kappa shape index (κ2) is 9.27. The van der Waals surface area contributed by atoms with Crippen molar-refractivity contribution in [2.45, 2.75) is 12.8 Å². The third-order valence-electron chi connectivity index (χ3n) is 6.52. The van der Waals surface area contributed by atoms with Crippen LogP contribution in [0.4, 0.5) is 5.82 Å². The summed E-state index contributed by atoms with van der Waals surface area (Å²) >= 11 is 0. The van der Waals surface area contributed by atoms with Gasteiger partial charge in [0.2, 0.25) is 0 Å². The zero-order valence-electron chi connectivity index (χ0n) is 17.9. The monoisotopic (exact) mass is 451 g/mol. The Hall–Kier alpha value is -3.95. The Morgan fingerprint density at radius 3 is 2.70 bits per heavy atom. The molecule has 172 valence electrons. The fourth-order valence-electron chi connectivity index (χ4n) is 5.04. The van der Waals surface area contributed by atoms with Gasteiger partial charge in [-0.1, -0.05) is 18.2 Å². The Bertz CT molecular complexity index is 1120. The molecule has 2 aliphatic heterocycles. The maximum atomic E-state index is 13.2. The van der Waals surface area contributed by atoms with Gasteiger partial charge in [0.25, 0.3) is 12.4 Å². The largest absolute Gasteiger partial charge is 0.483 e. The maximum Gasteiger partial charge on any atom is 0.303 e. The van der Waals surface area contributed by atoms with E-state index in [9.17, 15) is 14.7 Å². The number of aromatic amines is 1. The third-order valence-corrected chi connectivity index (χ3v) is 6.52. The number of carbonyl (C=O) groups excluding carboxylic acids is 1. The highest BCUT2D eigenvalue weighted by Gasteiger charge is 2.53. The van der Waals surface area contributed by atoms with Crippen LogP contribution in [0.2, 0.25) is 0 Å². The lowest BCUT2D eigenvalue weighted by Gasteiger charge is -2.29. The molecule has 2 aliphatic rings. The summed E-state index contributed by atoms with van der Waals surface area (Å²) < 4.78 is 0. The van der Waals surface area contributed by atoms with Gasteiger partial charge < -0.3 is 25.0 Å². The molecular weight excluding hydrogens is 426 g/mol. The number of para-hydroxylation sites is 1.